The molecule has 4 rings (SSSR count). The highest BCUT2D eigenvalue weighted by Crippen LogP contribution is 2.21. The quantitative estimate of drug-likeness (QED) is 0.894. The van der Waals surface area contributed by atoms with E-state index in [2.05, 4.69) is 26.4 Å². The zero-order chi connectivity index (χ0) is 17.1. The first-order chi connectivity index (χ1) is 12.3. The van der Waals surface area contributed by atoms with Gasteiger partial charge < -0.3 is 15.0 Å². The first-order valence-electron chi connectivity index (χ1n) is 8.72. The number of amides is 1. The number of rotatable bonds is 4. The maximum Gasteiger partial charge on any atom is 0.226 e. The largest absolute Gasteiger partial charge is 0.381 e. The van der Waals surface area contributed by atoms with E-state index in [-0.39, 0.29) is 11.8 Å². The number of hydrogen-bond donors (Lipinski definition) is 1. The van der Waals surface area contributed by atoms with Gasteiger partial charge in [0, 0.05) is 38.1 Å². The summed E-state index contributed by atoms with van der Waals surface area (Å²) in [6, 6.07) is 3.84. The molecule has 1 saturated heterocycles. The van der Waals surface area contributed by atoms with E-state index in [0.29, 0.717) is 32.3 Å². The van der Waals surface area contributed by atoms with Crippen LogP contribution in [0.15, 0.2) is 24.5 Å². The molecular formula is C17H22N6O2. The molecule has 25 heavy (non-hydrogen) atoms. The molecule has 2 aromatic rings. The summed E-state index contributed by atoms with van der Waals surface area (Å²) in [6.45, 7) is 4.05. The van der Waals surface area contributed by atoms with Crippen LogP contribution in [0.4, 0.5) is 5.95 Å². The van der Waals surface area contributed by atoms with Crippen LogP contribution >= 0.6 is 0 Å². The predicted molar refractivity (Wildman–Crippen MR) is 90.5 cm³/mol. The molecule has 8 heteroatoms. The first-order valence-corrected chi connectivity index (χ1v) is 8.72. The van der Waals surface area contributed by atoms with Gasteiger partial charge in [0.2, 0.25) is 11.9 Å². The number of ether oxygens (including phenoxy) is 1. The summed E-state index contributed by atoms with van der Waals surface area (Å²) in [5.74, 6) is 0.956. The van der Waals surface area contributed by atoms with Gasteiger partial charge in [-0.1, -0.05) is 0 Å². The van der Waals surface area contributed by atoms with Gasteiger partial charge in [-0.05, 0) is 25.0 Å². The lowest BCUT2D eigenvalue weighted by Gasteiger charge is -2.32. The summed E-state index contributed by atoms with van der Waals surface area (Å²) in [6.07, 6.45) is 5.07. The summed E-state index contributed by atoms with van der Waals surface area (Å²) in [5, 5.41) is 7.78. The maximum atomic E-state index is 12.7. The van der Waals surface area contributed by atoms with Crippen molar-refractivity contribution < 1.29 is 9.53 Å². The fourth-order valence-corrected chi connectivity index (χ4v) is 3.36. The lowest BCUT2D eigenvalue weighted by molar-refractivity contribution is -0.140. The van der Waals surface area contributed by atoms with E-state index in [4.69, 9.17) is 4.74 Å². The lowest BCUT2D eigenvalue weighted by Crippen LogP contribution is -2.42. The molecule has 0 saturated carbocycles. The number of nitrogens with one attached hydrogen (secondary N) is 1. The number of hydrogen-bond acceptors (Lipinski definition) is 6. The van der Waals surface area contributed by atoms with Gasteiger partial charge in [-0.3, -0.25) is 9.48 Å². The average Bonchev–Trinajstić information content (AvgIpc) is 3.09. The number of anilines is 1. The van der Waals surface area contributed by atoms with Gasteiger partial charge in [-0.2, -0.15) is 5.10 Å². The number of carbonyl (C=O) groups excluding carboxylic acids is 1. The Morgan fingerprint density at radius 3 is 2.84 bits per heavy atom. The van der Waals surface area contributed by atoms with Crippen LogP contribution < -0.4 is 5.32 Å². The molecule has 4 heterocycles. The van der Waals surface area contributed by atoms with Crippen molar-refractivity contribution in [3.05, 3.63) is 35.9 Å². The summed E-state index contributed by atoms with van der Waals surface area (Å²) >= 11 is 0. The van der Waals surface area contributed by atoms with Crippen LogP contribution in [0.2, 0.25) is 0 Å². The van der Waals surface area contributed by atoms with Crippen molar-refractivity contribution in [2.45, 2.75) is 32.5 Å². The Labute approximate surface area is 146 Å². The zero-order valence-electron chi connectivity index (χ0n) is 14.1. The minimum atomic E-state index is 0.111. The van der Waals surface area contributed by atoms with E-state index in [1.54, 1.807) is 18.5 Å². The third kappa shape index (κ3) is 3.63. The van der Waals surface area contributed by atoms with Gasteiger partial charge in [0.15, 0.2) is 0 Å². The molecule has 1 N–H and O–H groups in total. The molecule has 2 aromatic heterocycles. The molecule has 0 aliphatic carbocycles. The van der Waals surface area contributed by atoms with Crippen LogP contribution in [0, 0.1) is 5.92 Å². The molecule has 0 atom stereocenters. The normalized spacial score (nSPS) is 18.0. The molecule has 1 fully saturated rings. The van der Waals surface area contributed by atoms with Crippen LogP contribution in [0.25, 0.3) is 0 Å². The Morgan fingerprint density at radius 1 is 1.24 bits per heavy atom. The Balaban J connectivity index is 1.38. The van der Waals surface area contributed by atoms with Crippen molar-refractivity contribution >= 4 is 11.9 Å². The standard InChI is InChI=1S/C17H22N6O2/c24-16(13-2-8-25-9-3-13)22-6-7-23-15(12-22)10-14(21-23)11-20-17-18-4-1-5-19-17/h1,4-5,10,13H,2-3,6-9,11-12H2,(H,18,19,20). The van der Waals surface area contributed by atoms with E-state index in [1.165, 1.54) is 0 Å². The molecule has 2 aliphatic rings. The third-order valence-electron chi connectivity index (χ3n) is 4.72. The molecular weight excluding hydrogens is 320 g/mol. The van der Waals surface area contributed by atoms with Crippen molar-refractivity contribution in [1.29, 1.82) is 0 Å². The van der Waals surface area contributed by atoms with Crippen LogP contribution in [0.1, 0.15) is 24.2 Å². The Bertz CT molecular complexity index is 726. The Kier molecular flexibility index (Phi) is 4.60. The molecule has 0 aromatic carbocycles. The molecule has 0 unspecified atom stereocenters. The number of fused-ring (bicyclic) bond motifs is 1. The van der Waals surface area contributed by atoms with Crippen molar-refractivity contribution in [2.75, 3.05) is 25.1 Å². The van der Waals surface area contributed by atoms with E-state index in [9.17, 15) is 4.79 Å². The topological polar surface area (TPSA) is 85.2 Å². The smallest absolute Gasteiger partial charge is 0.226 e. The highest BCUT2D eigenvalue weighted by atomic mass is 16.5. The fraction of sp³-hybridized carbons (Fsp3) is 0.529. The number of nitrogens with zero attached hydrogens (tertiary/aromatic N) is 5. The molecule has 132 valence electrons. The van der Waals surface area contributed by atoms with Crippen LogP contribution in [0.5, 0.6) is 0 Å². The van der Waals surface area contributed by atoms with Crippen molar-refractivity contribution in [1.82, 2.24) is 24.6 Å². The van der Waals surface area contributed by atoms with Gasteiger partial charge >= 0.3 is 0 Å². The lowest BCUT2D eigenvalue weighted by atomic mass is 9.98. The van der Waals surface area contributed by atoms with Crippen LogP contribution in [-0.2, 0) is 29.2 Å². The van der Waals surface area contributed by atoms with Gasteiger partial charge in [0.25, 0.3) is 0 Å². The van der Waals surface area contributed by atoms with Crippen molar-refractivity contribution in [2.24, 2.45) is 5.92 Å². The second-order valence-corrected chi connectivity index (χ2v) is 6.42. The first kappa shape index (κ1) is 16.0. The zero-order valence-corrected chi connectivity index (χ0v) is 14.1. The van der Waals surface area contributed by atoms with Gasteiger partial charge in [0.05, 0.1) is 31.0 Å². The Morgan fingerprint density at radius 2 is 2.04 bits per heavy atom. The maximum absolute atomic E-state index is 12.7. The van der Waals surface area contributed by atoms with E-state index in [0.717, 1.165) is 37.3 Å². The third-order valence-corrected chi connectivity index (χ3v) is 4.72. The summed E-state index contributed by atoms with van der Waals surface area (Å²) < 4.78 is 7.35. The van der Waals surface area contributed by atoms with E-state index < -0.39 is 0 Å². The Hall–Kier alpha value is -2.48. The fourth-order valence-electron chi connectivity index (χ4n) is 3.36. The monoisotopic (exact) mass is 342 g/mol. The van der Waals surface area contributed by atoms with Crippen LogP contribution in [0.3, 0.4) is 0 Å². The summed E-state index contributed by atoms with van der Waals surface area (Å²) in [4.78, 5) is 22.9. The average molecular weight is 342 g/mol. The highest BCUT2D eigenvalue weighted by Gasteiger charge is 2.29. The van der Waals surface area contributed by atoms with Crippen molar-refractivity contribution in [3.63, 3.8) is 0 Å². The summed E-state index contributed by atoms with van der Waals surface area (Å²) in [7, 11) is 0. The van der Waals surface area contributed by atoms with E-state index in [1.807, 2.05) is 9.58 Å². The highest BCUT2D eigenvalue weighted by molar-refractivity contribution is 5.79. The molecule has 0 radical (unpaired) electrons. The van der Waals surface area contributed by atoms with Gasteiger partial charge in [-0.25, -0.2) is 9.97 Å². The molecule has 8 nitrogen and oxygen atoms in total. The van der Waals surface area contributed by atoms with Gasteiger partial charge in [-0.15, -0.1) is 0 Å². The second-order valence-electron chi connectivity index (χ2n) is 6.42. The molecule has 1 amide bonds. The second kappa shape index (κ2) is 7.18. The minimum absolute atomic E-state index is 0.111. The predicted octanol–water partition coefficient (Wildman–Crippen LogP) is 1.05. The van der Waals surface area contributed by atoms with Crippen molar-refractivity contribution in [3.8, 4) is 0 Å². The summed E-state index contributed by atoms with van der Waals surface area (Å²) in [5.41, 5.74) is 2.01. The van der Waals surface area contributed by atoms with E-state index >= 15 is 0 Å². The minimum Gasteiger partial charge on any atom is -0.381 e. The number of aromatic nitrogens is 4. The molecule has 2 aliphatic heterocycles. The molecule has 0 bridgehead atoms. The number of carbonyl (C=O) groups is 1. The SMILES string of the molecule is O=C(C1CCOCC1)N1CCn2nc(CNc3ncccn3)cc2C1. The van der Waals surface area contributed by atoms with Crippen LogP contribution in [-0.4, -0.2) is 50.3 Å². The van der Waals surface area contributed by atoms with Gasteiger partial charge in [0.1, 0.15) is 0 Å². The molecule has 0 spiro atoms.